The maximum Gasteiger partial charge on any atom is 0.271 e. The molecule has 2 rings (SSSR count). The van der Waals surface area contributed by atoms with Crippen LogP contribution >= 0.6 is 0 Å². The average molecular weight is 216 g/mol. The lowest BCUT2D eigenvalue weighted by atomic mass is 10.1. The van der Waals surface area contributed by atoms with E-state index >= 15 is 0 Å². The average Bonchev–Trinajstić information content (AvgIpc) is 2.63. The van der Waals surface area contributed by atoms with Gasteiger partial charge in [-0.2, -0.15) is 0 Å². The van der Waals surface area contributed by atoms with Crippen molar-refractivity contribution in [3.05, 3.63) is 28.2 Å². The summed E-state index contributed by atoms with van der Waals surface area (Å²) in [6, 6.07) is 1.70. The minimum atomic E-state index is -0.253. The third-order valence-electron chi connectivity index (χ3n) is 2.68. The van der Waals surface area contributed by atoms with Crippen LogP contribution in [0, 0.1) is 25.2 Å². The summed E-state index contributed by atoms with van der Waals surface area (Å²) in [5, 5.41) is 0. The molecule has 0 spiro atoms. The molecule has 1 unspecified atom stereocenters. The number of rotatable bonds is 1. The smallest absolute Gasteiger partial charge is 0.271 e. The minimum absolute atomic E-state index is 0.0842. The molecule has 82 valence electrons. The molecule has 1 saturated heterocycles. The van der Waals surface area contributed by atoms with Gasteiger partial charge in [0.05, 0.1) is 0 Å². The molecule has 0 aliphatic carbocycles. The normalized spacial score (nSPS) is 19.9. The van der Waals surface area contributed by atoms with E-state index in [2.05, 4.69) is 10.9 Å². The Morgan fingerprint density at radius 2 is 2.31 bits per heavy atom. The van der Waals surface area contributed by atoms with Crippen LogP contribution in [0.3, 0.4) is 0 Å². The lowest BCUT2D eigenvalue weighted by Gasteiger charge is -2.14. The number of H-pyrrole nitrogens is 1. The molecule has 0 radical (unpaired) electrons. The number of aryl methyl sites for hydroxylation is 1. The Morgan fingerprint density at radius 1 is 1.56 bits per heavy atom. The van der Waals surface area contributed by atoms with Gasteiger partial charge in [0.15, 0.2) is 0 Å². The zero-order valence-corrected chi connectivity index (χ0v) is 8.99. The number of aromatic amines is 1. The number of carbonyl (C=O) groups is 1. The van der Waals surface area contributed by atoms with Crippen LogP contribution in [0.5, 0.6) is 0 Å². The van der Waals surface area contributed by atoms with E-state index in [4.69, 9.17) is 6.42 Å². The van der Waals surface area contributed by atoms with Crippen molar-refractivity contribution < 1.29 is 4.79 Å². The van der Waals surface area contributed by atoms with Gasteiger partial charge in [-0.05, 0) is 18.6 Å². The summed E-state index contributed by atoms with van der Waals surface area (Å²) < 4.78 is 0. The van der Waals surface area contributed by atoms with Gasteiger partial charge in [0, 0.05) is 25.1 Å². The summed E-state index contributed by atoms with van der Waals surface area (Å²) in [6.45, 7) is 2.29. The van der Waals surface area contributed by atoms with Gasteiger partial charge in [-0.15, -0.1) is 12.3 Å². The number of aromatic nitrogens is 1. The van der Waals surface area contributed by atoms with E-state index in [9.17, 15) is 9.59 Å². The van der Waals surface area contributed by atoms with Crippen LogP contribution in [0.2, 0.25) is 0 Å². The number of terminal acetylenes is 1. The number of nitrogens with zero attached hydrogens (tertiary/aromatic N) is 1. The second-order valence-corrected chi connectivity index (χ2v) is 3.96. The van der Waals surface area contributed by atoms with Crippen molar-refractivity contribution in [2.45, 2.75) is 13.3 Å². The topological polar surface area (TPSA) is 53.2 Å². The van der Waals surface area contributed by atoms with E-state index in [1.165, 1.54) is 4.90 Å². The molecule has 4 heteroatoms. The number of amides is 1. The number of nitrogens with one attached hydrogen (secondary N) is 1. The molecule has 1 fully saturated rings. The highest BCUT2D eigenvalue weighted by molar-refractivity contribution is 5.96. The van der Waals surface area contributed by atoms with Crippen LogP contribution in [-0.2, 0) is 4.79 Å². The van der Waals surface area contributed by atoms with Crippen molar-refractivity contribution in [3.8, 4) is 12.3 Å². The summed E-state index contributed by atoms with van der Waals surface area (Å²) in [7, 11) is 0. The van der Waals surface area contributed by atoms with Crippen LogP contribution in [0.1, 0.15) is 12.0 Å². The van der Waals surface area contributed by atoms with E-state index in [1.54, 1.807) is 12.3 Å². The summed E-state index contributed by atoms with van der Waals surface area (Å²) in [4.78, 5) is 27.3. The molecule has 1 aromatic rings. The summed E-state index contributed by atoms with van der Waals surface area (Å²) in [5.74, 6) is 2.38. The van der Waals surface area contributed by atoms with Crippen molar-refractivity contribution in [3.63, 3.8) is 0 Å². The summed E-state index contributed by atoms with van der Waals surface area (Å²) >= 11 is 0. The molecule has 0 aromatic carbocycles. The zero-order chi connectivity index (χ0) is 11.7. The number of anilines is 1. The van der Waals surface area contributed by atoms with Gasteiger partial charge in [0.2, 0.25) is 5.91 Å². The summed E-state index contributed by atoms with van der Waals surface area (Å²) in [6.07, 6.45) is 7.23. The van der Waals surface area contributed by atoms with Gasteiger partial charge in [0.1, 0.15) is 5.69 Å². The first-order chi connectivity index (χ1) is 7.61. The minimum Gasteiger partial charge on any atom is -0.327 e. The van der Waals surface area contributed by atoms with E-state index in [0.717, 1.165) is 5.56 Å². The van der Waals surface area contributed by atoms with Gasteiger partial charge in [-0.1, -0.05) is 0 Å². The molecule has 4 nitrogen and oxygen atoms in total. The van der Waals surface area contributed by atoms with Crippen molar-refractivity contribution >= 4 is 11.6 Å². The lowest BCUT2D eigenvalue weighted by molar-refractivity contribution is -0.117. The number of pyridine rings is 1. The molecule has 1 aliphatic heterocycles. The Kier molecular flexibility index (Phi) is 2.53. The van der Waals surface area contributed by atoms with E-state index in [1.807, 2.05) is 6.92 Å². The highest BCUT2D eigenvalue weighted by atomic mass is 16.2. The van der Waals surface area contributed by atoms with Gasteiger partial charge in [0.25, 0.3) is 5.56 Å². The Hall–Kier alpha value is -2.02. The Morgan fingerprint density at radius 3 is 2.94 bits per heavy atom. The second-order valence-electron chi connectivity index (χ2n) is 3.96. The third kappa shape index (κ3) is 1.72. The van der Waals surface area contributed by atoms with Crippen LogP contribution in [0.4, 0.5) is 5.69 Å². The molecular weight excluding hydrogens is 204 g/mol. The van der Waals surface area contributed by atoms with Crippen molar-refractivity contribution in [1.29, 1.82) is 0 Å². The third-order valence-corrected chi connectivity index (χ3v) is 2.68. The van der Waals surface area contributed by atoms with Gasteiger partial charge >= 0.3 is 0 Å². The molecule has 1 aromatic heterocycles. The number of carbonyl (C=O) groups excluding carboxylic acids is 1. The number of hydrogen-bond acceptors (Lipinski definition) is 2. The van der Waals surface area contributed by atoms with Gasteiger partial charge < -0.3 is 9.88 Å². The fraction of sp³-hybridized carbons (Fsp3) is 0.333. The first-order valence-corrected chi connectivity index (χ1v) is 5.07. The Labute approximate surface area is 93.3 Å². The summed E-state index contributed by atoms with van der Waals surface area (Å²) in [5.41, 5.74) is 1.05. The van der Waals surface area contributed by atoms with Crippen LogP contribution in [0.15, 0.2) is 17.1 Å². The molecule has 1 atom stereocenters. The van der Waals surface area contributed by atoms with Gasteiger partial charge in [-0.3, -0.25) is 9.59 Å². The van der Waals surface area contributed by atoms with Crippen LogP contribution < -0.4 is 10.5 Å². The molecular formula is C12H12N2O2. The standard InChI is InChI=1S/C12H12N2O2/c1-3-9-5-11(15)14(7-9)10-4-8(2)6-13-12(10)16/h1,4,6,9H,5,7H2,2H3,(H,13,16). The van der Waals surface area contributed by atoms with Gasteiger partial charge in [-0.25, -0.2) is 0 Å². The molecule has 16 heavy (non-hydrogen) atoms. The fourth-order valence-corrected chi connectivity index (χ4v) is 1.83. The second kappa shape index (κ2) is 3.86. The lowest BCUT2D eigenvalue weighted by Crippen LogP contribution is -2.30. The van der Waals surface area contributed by atoms with Crippen LogP contribution in [-0.4, -0.2) is 17.4 Å². The van der Waals surface area contributed by atoms with E-state index < -0.39 is 0 Å². The highest BCUT2D eigenvalue weighted by Gasteiger charge is 2.30. The SMILES string of the molecule is C#CC1CC(=O)N(c2cc(C)c[nH]c2=O)C1. The zero-order valence-electron chi connectivity index (χ0n) is 8.99. The van der Waals surface area contributed by atoms with Crippen molar-refractivity contribution in [2.24, 2.45) is 5.92 Å². The molecule has 1 N–H and O–H groups in total. The molecule has 2 heterocycles. The Bertz CT molecular complexity index is 525. The van der Waals surface area contributed by atoms with Crippen molar-refractivity contribution in [2.75, 3.05) is 11.4 Å². The quantitative estimate of drug-likeness (QED) is 0.701. The highest BCUT2D eigenvalue weighted by Crippen LogP contribution is 2.22. The largest absolute Gasteiger partial charge is 0.327 e. The molecule has 0 saturated carbocycles. The van der Waals surface area contributed by atoms with Crippen LogP contribution in [0.25, 0.3) is 0 Å². The van der Waals surface area contributed by atoms with Crippen molar-refractivity contribution in [1.82, 2.24) is 4.98 Å². The Balaban J connectivity index is 2.39. The molecule has 1 amide bonds. The molecule has 0 bridgehead atoms. The maximum atomic E-state index is 11.7. The predicted molar refractivity (Wildman–Crippen MR) is 61.1 cm³/mol. The first kappa shape index (κ1) is 10.5. The number of hydrogen-bond donors (Lipinski definition) is 1. The predicted octanol–water partition coefficient (Wildman–Crippen LogP) is 0.669. The first-order valence-electron chi connectivity index (χ1n) is 5.07. The van der Waals surface area contributed by atoms with E-state index in [0.29, 0.717) is 18.7 Å². The monoisotopic (exact) mass is 216 g/mol. The van der Waals surface area contributed by atoms with E-state index in [-0.39, 0.29) is 17.4 Å². The fourth-order valence-electron chi connectivity index (χ4n) is 1.83. The maximum absolute atomic E-state index is 11.7. The molecule has 1 aliphatic rings.